The predicted molar refractivity (Wildman–Crippen MR) is 102 cm³/mol. The van der Waals surface area contributed by atoms with E-state index in [1.54, 1.807) is 24.3 Å². The van der Waals surface area contributed by atoms with Gasteiger partial charge in [0.25, 0.3) is 11.6 Å². The third-order valence-electron chi connectivity index (χ3n) is 3.31. The molecule has 0 bridgehead atoms. The lowest BCUT2D eigenvalue weighted by Gasteiger charge is -2.08. The number of nitro benzene ring substituents is 1. The molecule has 0 aromatic heterocycles. The number of amides is 1. The first-order valence-corrected chi connectivity index (χ1v) is 8.34. The molecule has 0 saturated carbocycles. The normalized spacial score (nSPS) is 10.5. The minimum absolute atomic E-state index is 0.145. The third-order valence-corrected chi connectivity index (χ3v) is 3.83. The number of nitro groups is 1. The van der Waals surface area contributed by atoms with Crippen LogP contribution in [0.5, 0.6) is 17.2 Å². The fourth-order valence-electron chi connectivity index (χ4n) is 2.03. The molecular weight excluding hydrogens is 422 g/mol. The highest BCUT2D eigenvalue weighted by molar-refractivity contribution is 9.10. The number of carbonyl (C=O) groups is 1. The van der Waals surface area contributed by atoms with Crippen molar-refractivity contribution in [1.29, 1.82) is 0 Å². The quantitative estimate of drug-likeness (QED) is 0.385. The van der Waals surface area contributed by atoms with Crippen molar-refractivity contribution in [3.8, 4) is 17.2 Å². The van der Waals surface area contributed by atoms with Gasteiger partial charge in [0.1, 0.15) is 5.75 Å². The molecule has 0 unspecified atom stereocenters. The van der Waals surface area contributed by atoms with Gasteiger partial charge >= 0.3 is 0 Å². The molecule has 27 heavy (non-hydrogen) atoms. The van der Waals surface area contributed by atoms with Crippen LogP contribution < -0.4 is 19.6 Å². The lowest BCUT2D eigenvalue weighted by Crippen LogP contribution is -2.24. The number of hydrogen-bond donors (Lipinski definition) is 1. The van der Waals surface area contributed by atoms with E-state index in [1.807, 2.05) is 0 Å². The Bertz CT molecular complexity index is 854. The summed E-state index contributed by atoms with van der Waals surface area (Å²) in [5.41, 5.74) is 2.15. The Labute approximate surface area is 163 Å². The van der Waals surface area contributed by atoms with Gasteiger partial charge < -0.3 is 14.2 Å². The summed E-state index contributed by atoms with van der Waals surface area (Å²) in [7, 11) is 2.78. The molecule has 0 fully saturated rings. The van der Waals surface area contributed by atoms with Crippen molar-refractivity contribution < 1.29 is 23.9 Å². The Morgan fingerprint density at radius 2 is 1.85 bits per heavy atom. The van der Waals surface area contributed by atoms with Crippen LogP contribution in [-0.4, -0.2) is 37.9 Å². The number of methoxy groups -OCH3 is 2. The highest BCUT2D eigenvalue weighted by Crippen LogP contribution is 2.33. The number of ether oxygens (including phenoxy) is 3. The summed E-state index contributed by atoms with van der Waals surface area (Å²) in [4.78, 5) is 22.4. The van der Waals surface area contributed by atoms with Gasteiger partial charge in [0.15, 0.2) is 18.1 Å². The molecule has 142 valence electrons. The summed E-state index contributed by atoms with van der Waals surface area (Å²) in [6.45, 7) is -0.257. The van der Waals surface area contributed by atoms with Crippen molar-refractivity contribution in [1.82, 2.24) is 5.43 Å². The SMILES string of the molecule is COc1cc(/C=N\NC(=O)COc2ccc(Br)cc2)c([N+](=O)[O-])cc1OC. The van der Waals surface area contributed by atoms with Crippen LogP contribution in [0.2, 0.25) is 0 Å². The van der Waals surface area contributed by atoms with Crippen LogP contribution in [0.1, 0.15) is 5.56 Å². The summed E-state index contributed by atoms with van der Waals surface area (Å²) in [5, 5.41) is 14.9. The van der Waals surface area contributed by atoms with Crippen LogP contribution in [0.3, 0.4) is 0 Å². The van der Waals surface area contributed by atoms with Gasteiger partial charge in [-0.2, -0.15) is 5.10 Å². The van der Waals surface area contributed by atoms with E-state index in [4.69, 9.17) is 14.2 Å². The van der Waals surface area contributed by atoms with Crippen LogP contribution in [0.4, 0.5) is 5.69 Å². The largest absolute Gasteiger partial charge is 0.493 e. The molecule has 9 nitrogen and oxygen atoms in total. The van der Waals surface area contributed by atoms with Crippen LogP contribution in [0.15, 0.2) is 46.0 Å². The molecule has 2 rings (SSSR count). The molecule has 0 spiro atoms. The number of nitrogens with one attached hydrogen (secondary N) is 1. The Hall–Kier alpha value is -3.14. The first kappa shape index (κ1) is 20.2. The van der Waals surface area contributed by atoms with E-state index in [0.717, 1.165) is 10.7 Å². The Kier molecular flexibility index (Phi) is 7.12. The first-order chi connectivity index (χ1) is 12.9. The third kappa shape index (κ3) is 5.68. The van der Waals surface area contributed by atoms with Gasteiger partial charge in [0.05, 0.1) is 37.0 Å². The molecule has 2 aromatic rings. The van der Waals surface area contributed by atoms with Crippen molar-refractivity contribution in [2.45, 2.75) is 0 Å². The average Bonchev–Trinajstić information content (AvgIpc) is 2.66. The number of benzene rings is 2. The summed E-state index contributed by atoms with van der Waals surface area (Å²) < 4.78 is 16.3. The van der Waals surface area contributed by atoms with E-state index in [9.17, 15) is 14.9 Å². The van der Waals surface area contributed by atoms with Crippen LogP contribution >= 0.6 is 15.9 Å². The van der Waals surface area contributed by atoms with E-state index in [0.29, 0.717) is 11.5 Å². The lowest BCUT2D eigenvalue weighted by atomic mass is 10.1. The van der Waals surface area contributed by atoms with Gasteiger partial charge in [-0.3, -0.25) is 14.9 Å². The van der Waals surface area contributed by atoms with Crippen molar-refractivity contribution in [3.05, 3.63) is 56.5 Å². The molecular formula is C17H16BrN3O6. The summed E-state index contributed by atoms with van der Waals surface area (Å²) in [6, 6.07) is 9.58. The summed E-state index contributed by atoms with van der Waals surface area (Å²) in [5.74, 6) is 0.521. The van der Waals surface area contributed by atoms with Crippen LogP contribution in [0, 0.1) is 10.1 Å². The van der Waals surface area contributed by atoms with Crippen molar-refractivity contribution in [3.63, 3.8) is 0 Å². The van der Waals surface area contributed by atoms with E-state index in [1.165, 1.54) is 26.4 Å². The zero-order valence-corrected chi connectivity index (χ0v) is 16.1. The van der Waals surface area contributed by atoms with Gasteiger partial charge in [-0.15, -0.1) is 0 Å². The number of hydrazone groups is 1. The Morgan fingerprint density at radius 3 is 2.44 bits per heavy atom. The molecule has 10 heteroatoms. The monoisotopic (exact) mass is 437 g/mol. The van der Waals surface area contributed by atoms with E-state index < -0.39 is 10.8 Å². The van der Waals surface area contributed by atoms with E-state index in [-0.39, 0.29) is 23.6 Å². The number of rotatable bonds is 8. The lowest BCUT2D eigenvalue weighted by molar-refractivity contribution is -0.385. The Balaban J connectivity index is 2.02. The van der Waals surface area contributed by atoms with Crippen molar-refractivity contribution in [2.75, 3.05) is 20.8 Å². The zero-order valence-electron chi connectivity index (χ0n) is 14.5. The second-order valence-electron chi connectivity index (χ2n) is 5.06. The number of halogens is 1. The Morgan fingerprint density at radius 1 is 1.22 bits per heavy atom. The second-order valence-corrected chi connectivity index (χ2v) is 5.97. The molecule has 2 aromatic carbocycles. The standard InChI is InChI=1S/C17H16BrN3O6/c1-25-15-7-11(14(21(23)24)8-16(15)26-2)9-19-20-17(22)10-27-13-5-3-12(18)4-6-13/h3-9H,10H2,1-2H3,(H,20,22)/b19-9-. The minimum atomic E-state index is -0.582. The predicted octanol–water partition coefficient (Wildman–Crippen LogP) is 2.90. The van der Waals surface area contributed by atoms with Gasteiger partial charge in [-0.25, -0.2) is 5.43 Å². The topological polar surface area (TPSA) is 112 Å². The van der Waals surface area contributed by atoms with Crippen molar-refractivity contribution >= 4 is 33.7 Å². The van der Waals surface area contributed by atoms with Gasteiger partial charge in [0, 0.05) is 4.47 Å². The first-order valence-electron chi connectivity index (χ1n) is 7.55. The fourth-order valence-corrected chi connectivity index (χ4v) is 2.30. The smallest absolute Gasteiger partial charge is 0.282 e. The molecule has 0 aliphatic carbocycles. The zero-order chi connectivity index (χ0) is 19.8. The van der Waals surface area contributed by atoms with Crippen molar-refractivity contribution in [2.24, 2.45) is 5.10 Å². The summed E-state index contributed by atoms with van der Waals surface area (Å²) in [6.07, 6.45) is 1.15. The molecule has 0 saturated heterocycles. The molecule has 0 atom stereocenters. The minimum Gasteiger partial charge on any atom is -0.493 e. The number of carbonyl (C=O) groups excluding carboxylic acids is 1. The average molecular weight is 438 g/mol. The highest BCUT2D eigenvalue weighted by atomic mass is 79.9. The molecule has 1 amide bonds. The maximum Gasteiger partial charge on any atom is 0.282 e. The van der Waals surface area contributed by atoms with Crippen LogP contribution in [-0.2, 0) is 4.79 Å². The van der Waals surface area contributed by atoms with Crippen LogP contribution in [0.25, 0.3) is 0 Å². The fraction of sp³-hybridized carbons (Fsp3) is 0.176. The molecule has 0 radical (unpaired) electrons. The molecule has 1 N–H and O–H groups in total. The number of hydrogen-bond acceptors (Lipinski definition) is 7. The summed E-state index contributed by atoms with van der Waals surface area (Å²) >= 11 is 3.30. The highest BCUT2D eigenvalue weighted by Gasteiger charge is 2.18. The second kappa shape index (κ2) is 9.53. The van der Waals surface area contributed by atoms with Gasteiger partial charge in [-0.1, -0.05) is 15.9 Å². The number of nitrogens with zero attached hydrogens (tertiary/aromatic N) is 2. The van der Waals surface area contributed by atoms with Gasteiger partial charge in [0.2, 0.25) is 0 Å². The van der Waals surface area contributed by atoms with Gasteiger partial charge in [-0.05, 0) is 30.3 Å². The maximum absolute atomic E-state index is 11.8. The maximum atomic E-state index is 11.8. The molecule has 0 heterocycles. The van der Waals surface area contributed by atoms with E-state index >= 15 is 0 Å². The van der Waals surface area contributed by atoms with E-state index in [2.05, 4.69) is 26.5 Å². The molecule has 0 aliphatic heterocycles. The molecule has 0 aliphatic rings.